The standard InChI is InChI=1S/C11H16N2O2/c14-11(15)6-3-4-9-8-13-7-2-1-5-10(13)12-9/h8H,1-7H2,(H,14,15). The Bertz CT molecular complexity index is 334. The highest BCUT2D eigenvalue weighted by molar-refractivity contribution is 5.66. The van der Waals surface area contributed by atoms with Crippen LogP contribution in [0.3, 0.4) is 0 Å². The number of aryl methyl sites for hydroxylation is 3. The van der Waals surface area contributed by atoms with E-state index in [0.717, 1.165) is 25.1 Å². The van der Waals surface area contributed by atoms with Crippen LogP contribution in [0, 0.1) is 0 Å². The van der Waals surface area contributed by atoms with Crippen molar-refractivity contribution < 1.29 is 9.90 Å². The molecule has 82 valence electrons. The van der Waals surface area contributed by atoms with E-state index in [9.17, 15) is 4.79 Å². The largest absolute Gasteiger partial charge is 0.481 e. The molecule has 1 aromatic rings. The highest BCUT2D eigenvalue weighted by atomic mass is 16.4. The van der Waals surface area contributed by atoms with Gasteiger partial charge in [-0.2, -0.15) is 0 Å². The van der Waals surface area contributed by atoms with Gasteiger partial charge in [0, 0.05) is 25.6 Å². The maximum absolute atomic E-state index is 10.4. The average Bonchev–Trinajstić information content (AvgIpc) is 2.59. The maximum Gasteiger partial charge on any atom is 0.303 e. The number of rotatable bonds is 4. The molecule has 1 aliphatic heterocycles. The third kappa shape index (κ3) is 2.58. The average molecular weight is 208 g/mol. The van der Waals surface area contributed by atoms with Gasteiger partial charge in [-0.1, -0.05) is 0 Å². The van der Waals surface area contributed by atoms with Crippen LogP contribution in [-0.4, -0.2) is 20.6 Å². The zero-order chi connectivity index (χ0) is 10.7. The Morgan fingerprint density at radius 3 is 3.13 bits per heavy atom. The van der Waals surface area contributed by atoms with Gasteiger partial charge in [0.25, 0.3) is 0 Å². The third-order valence-electron chi connectivity index (χ3n) is 2.78. The lowest BCUT2D eigenvalue weighted by Gasteiger charge is -2.11. The number of carboxylic acids is 1. The highest BCUT2D eigenvalue weighted by Crippen LogP contribution is 2.15. The third-order valence-corrected chi connectivity index (χ3v) is 2.78. The van der Waals surface area contributed by atoms with E-state index in [1.807, 2.05) is 0 Å². The monoisotopic (exact) mass is 208 g/mol. The summed E-state index contributed by atoms with van der Waals surface area (Å²) in [7, 11) is 0. The van der Waals surface area contributed by atoms with Crippen molar-refractivity contribution in [1.82, 2.24) is 9.55 Å². The van der Waals surface area contributed by atoms with Crippen molar-refractivity contribution in [2.75, 3.05) is 0 Å². The Morgan fingerprint density at radius 1 is 1.53 bits per heavy atom. The lowest BCUT2D eigenvalue weighted by atomic mass is 10.2. The van der Waals surface area contributed by atoms with Crippen LogP contribution in [0.1, 0.15) is 37.2 Å². The summed E-state index contributed by atoms with van der Waals surface area (Å²) in [5.74, 6) is 0.450. The van der Waals surface area contributed by atoms with Crippen LogP contribution >= 0.6 is 0 Å². The second kappa shape index (κ2) is 4.47. The predicted molar refractivity (Wildman–Crippen MR) is 55.7 cm³/mol. The number of carboxylic acid groups (broad SMARTS) is 1. The first kappa shape index (κ1) is 10.2. The van der Waals surface area contributed by atoms with Crippen LogP contribution in [0.5, 0.6) is 0 Å². The molecule has 0 radical (unpaired) electrons. The Morgan fingerprint density at radius 2 is 2.40 bits per heavy atom. The molecule has 0 bridgehead atoms. The van der Waals surface area contributed by atoms with Crippen molar-refractivity contribution >= 4 is 5.97 Å². The topological polar surface area (TPSA) is 55.1 Å². The number of imidazole rings is 1. The fourth-order valence-corrected chi connectivity index (χ4v) is 2.01. The van der Waals surface area contributed by atoms with Crippen LogP contribution in [0.2, 0.25) is 0 Å². The molecule has 15 heavy (non-hydrogen) atoms. The molecule has 0 fully saturated rings. The van der Waals surface area contributed by atoms with Gasteiger partial charge in [-0.25, -0.2) is 4.98 Å². The number of hydrogen-bond donors (Lipinski definition) is 1. The van der Waals surface area contributed by atoms with Gasteiger partial charge in [0.05, 0.1) is 5.69 Å². The number of hydrogen-bond acceptors (Lipinski definition) is 2. The molecular weight excluding hydrogens is 192 g/mol. The summed E-state index contributed by atoms with van der Waals surface area (Å²) in [5.41, 5.74) is 1.05. The van der Waals surface area contributed by atoms with E-state index in [2.05, 4.69) is 15.7 Å². The number of aromatic nitrogens is 2. The lowest BCUT2D eigenvalue weighted by molar-refractivity contribution is -0.137. The van der Waals surface area contributed by atoms with Crippen LogP contribution < -0.4 is 0 Å². The molecule has 2 rings (SSSR count). The van der Waals surface area contributed by atoms with Gasteiger partial charge >= 0.3 is 5.97 Å². The summed E-state index contributed by atoms with van der Waals surface area (Å²) in [5, 5.41) is 8.53. The second-order valence-corrected chi connectivity index (χ2v) is 4.05. The minimum absolute atomic E-state index is 0.238. The van der Waals surface area contributed by atoms with Crippen molar-refractivity contribution in [2.45, 2.75) is 45.1 Å². The predicted octanol–water partition coefficient (Wildman–Crippen LogP) is 1.63. The SMILES string of the molecule is O=C(O)CCCc1cn2c(n1)CCCC2. The minimum atomic E-state index is -0.723. The molecule has 4 heteroatoms. The van der Waals surface area contributed by atoms with E-state index in [4.69, 9.17) is 5.11 Å². The van der Waals surface area contributed by atoms with Gasteiger partial charge in [0.15, 0.2) is 0 Å². The number of fused-ring (bicyclic) bond motifs is 1. The van der Waals surface area contributed by atoms with Gasteiger partial charge in [-0.15, -0.1) is 0 Å². The fraction of sp³-hybridized carbons (Fsp3) is 0.636. The van der Waals surface area contributed by atoms with Crippen molar-refractivity contribution in [1.29, 1.82) is 0 Å². The van der Waals surface area contributed by atoms with Crippen molar-refractivity contribution in [3.05, 3.63) is 17.7 Å². The summed E-state index contributed by atoms with van der Waals surface area (Å²) >= 11 is 0. The normalized spacial score (nSPS) is 14.9. The summed E-state index contributed by atoms with van der Waals surface area (Å²) in [6, 6.07) is 0. The zero-order valence-electron chi connectivity index (χ0n) is 8.78. The fourth-order valence-electron chi connectivity index (χ4n) is 2.01. The first-order valence-electron chi connectivity index (χ1n) is 5.52. The van der Waals surface area contributed by atoms with Crippen molar-refractivity contribution in [3.63, 3.8) is 0 Å². The van der Waals surface area contributed by atoms with E-state index in [1.165, 1.54) is 18.7 Å². The molecule has 1 aliphatic rings. The molecule has 0 atom stereocenters. The lowest BCUT2D eigenvalue weighted by Crippen LogP contribution is -2.08. The Balaban J connectivity index is 1.92. The number of aliphatic carboxylic acids is 1. The quantitative estimate of drug-likeness (QED) is 0.818. The van der Waals surface area contributed by atoms with Crippen LogP contribution in [0.15, 0.2) is 6.20 Å². The molecule has 0 aliphatic carbocycles. The van der Waals surface area contributed by atoms with E-state index >= 15 is 0 Å². The Labute approximate surface area is 88.9 Å². The molecule has 0 amide bonds. The second-order valence-electron chi connectivity index (χ2n) is 4.05. The zero-order valence-corrected chi connectivity index (χ0v) is 8.78. The van der Waals surface area contributed by atoms with Gasteiger partial charge in [-0.05, 0) is 25.7 Å². The first-order valence-corrected chi connectivity index (χ1v) is 5.52. The molecule has 0 unspecified atom stereocenters. The molecule has 2 heterocycles. The van der Waals surface area contributed by atoms with E-state index in [-0.39, 0.29) is 6.42 Å². The summed E-state index contributed by atoms with van der Waals surface area (Å²) in [6.45, 7) is 1.07. The van der Waals surface area contributed by atoms with Crippen molar-refractivity contribution in [3.8, 4) is 0 Å². The van der Waals surface area contributed by atoms with E-state index in [1.54, 1.807) is 0 Å². The van der Waals surface area contributed by atoms with E-state index < -0.39 is 5.97 Å². The van der Waals surface area contributed by atoms with Gasteiger partial charge in [-0.3, -0.25) is 4.79 Å². The van der Waals surface area contributed by atoms with Crippen LogP contribution in [0.4, 0.5) is 0 Å². The van der Waals surface area contributed by atoms with Crippen LogP contribution in [0.25, 0.3) is 0 Å². The molecule has 1 aromatic heterocycles. The highest BCUT2D eigenvalue weighted by Gasteiger charge is 2.11. The summed E-state index contributed by atoms with van der Waals surface area (Å²) in [4.78, 5) is 14.9. The Hall–Kier alpha value is -1.32. The summed E-state index contributed by atoms with van der Waals surface area (Å²) < 4.78 is 2.21. The maximum atomic E-state index is 10.4. The molecule has 0 saturated heterocycles. The molecule has 0 spiro atoms. The smallest absolute Gasteiger partial charge is 0.303 e. The van der Waals surface area contributed by atoms with Gasteiger partial charge in [0.2, 0.25) is 0 Å². The number of nitrogens with zero attached hydrogens (tertiary/aromatic N) is 2. The van der Waals surface area contributed by atoms with Gasteiger partial charge < -0.3 is 9.67 Å². The van der Waals surface area contributed by atoms with Crippen LogP contribution in [-0.2, 0) is 24.2 Å². The van der Waals surface area contributed by atoms with Crippen molar-refractivity contribution in [2.24, 2.45) is 0 Å². The Kier molecular flexibility index (Phi) is 3.04. The first-order chi connectivity index (χ1) is 7.25. The number of carbonyl (C=O) groups is 1. The molecular formula is C11H16N2O2. The molecule has 0 saturated carbocycles. The van der Waals surface area contributed by atoms with E-state index in [0.29, 0.717) is 6.42 Å². The molecule has 0 aromatic carbocycles. The molecule has 4 nitrogen and oxygen atoms in total. The van der Waals surface area contributed by atoms with Gasteiger partial charge in [0.1, 0.15) is 5.82 Å². The molecule has 1 N–H and O–H groups in total. The minimum Gasteiger partial charge on any atom is -0.481 e. The summed E-state index contributed by atoms with van der Waals surface area (Å²) in [6.07, 6.45) is 7.32.